The number of hydrogen-bond acceptors (Lipinski definition) is 8. The lowest BCUT2D eigenvalue weighted by atomic mass is 10.2. The summed E-state index contributed by atoms with van der Waals surface area (Å²) in [6.45, 7) is 1.48. The molecule has 2 aromatic rings. The van der Waals surface area contributed by atoms with Gasteiger partial charge in [0.05, 0.1) is 9.82 Å². The zero-order valence-corrected chi connectivity index (χ0v) is 19.6. The summed E-state index contributed by atoms with van der Waals surface area (Å²) < 4.78 is 32.7. The number of nitro groups is 1. The summed E-state index contributed by atoms with van der Waals surface area (Å²) in [5.74, 6) is 0.552. The van der Waals surface area contributed by atoms with Gasteiger partial charge in [-0.3, -0.25) is 10.1 Å². The number of ether oxygens (including phenoxy) is 1. The quantitative estimate of drug-likeness (QED) is 0.394. The van der Waals surface area contributed by atoms with E-state index in [2.05, 4.69) is 5.32 Å². The highest BCUT2D eigenvalue weighted by atomic mass is 32.2. The van der Waals surface area contributed by atoms with Crippen LogP contribution in [0.3, 0.4) is 0 Å². The minimum atomic E-state index is -3.77. The van der Waals surface area contributed by atoms with Gasteiger partial charge in [-0.05, 0) is 63.3 Å². The molecule has 2 N–H and O–H groups in total. The highest BCUT2D eigenvalue weighted by Crippen LogP contribution is 2.32. The van der Waals surface area contributed by atoms with Crippen molar-refractivity contribution in [3.63, 3.8) is 0 Å². The summed E-state index contributed by atoms with van der Waals surface area (Å²) in [6, 6.07) is 10.7. The summed E-state index contributed by atoms with van der Waals surface area (Å²) in [7, 11) is -0.0540. The van der Waals surface area contributed by atoms with Crippen molar-refractivity contribution in [2.24, 2.45) is 0 Å². The van der Waals surface area contributed by atoms with E-state index in [1.807, 2.05) is 19.0 Å². The fraction of sp³-hybridized carbons (Fsp3) is 0.455. The van der Waals surface area contributed by atoms with Crippen LogP contribution in [0.15, 0.2) is 47.4 Å². The van der Waals surface area contributed by atoms with E-state index >= 15 is 0 Å². The molecule has 0 aliphatic carbocycles. The number of benzene rings is 2. The van der Waals surface area contributed by atoms with E-state index in [1.54, 1.807) is 24.3 Å². The van der Waals surface area contributed by atoms with Crippen molar-refractivity contribution in [1.29, 1.82) is 0 Å². The number of hydrogen-bond donors (Lipinski definition) is 2. The molecule has 3 rings (SSSR count). The van der Waals surface area contributed by atoms with Crippen LogP contribution in [0.2, 0.25) is 0 Å². The van der Waals surface area contributed by atoms with Crippen LogP contribution in [0.25, 0.3) is 0 Å². The fourth-order valence-electron chi connectivity index (χ4n) is 3.64. The van der Waals surface area contributed by atoms with E-state index in [9.17, 15) is 23.6 Å². The molecule has 1 saturated heterocycles. The number of anilines is 2. The van der Waals surface area contributed by atoms with E-state index in [-0.39, 0.29) is 22.9 Å². The number of aliphatic hydroxyl groups is 1. The molecule has 1 atom stereocenters. The Morgan fingerprint density at radius 2 is 1.82 bits per heavy atom. The molecule has 10 nitrogen and oxygen atoms in total. The average Bonchev–Trinajstić information content (AvgIpc) is 2.78. The molecule has 1 fully saturated rings. The first-order chi connectivity index (χ1) is 15.7. The number of piperidine rings is 1. The highest BCUT2D eigenvalue weighted by molar-refractivity contribution is 7.89. The van der Waals surface area contributed by atoms with Crippen LogP contribution in [0, 0.1) is 10.1 Å². The lowest BCUT2D eigenvalue weighted by Gasteiger charge is -2.25. The predicted molar refractivity (Wildman–Crippen MR) is 125 cm³/mol. The van der Waals surface area contributed by atoms with Crippen molar-refractivity contribution in [1.82, 2.24) is 9.21 Å². The second-order valence-electron chi connectivity index (χ2n) is 8.28. The van der Waals surface area contributed by atoms with Crippen LogP contribution in [0.5, 0.6) is 5.75 Å². The first-order valence-corrected chi connectivity index (χ1v) is 12.2. The molecule has 1 heterocycles. The number of nitrogens with one attached hydrogen (secondary N) is 1. The van der Waals surface area contributed by atoms with E-state index in [4.69, 9.17) is 4.74 Å². The number of nitrogens with zero attached hydrogens (tertiary/aromatic N) is 3. The number of likely N-dealkylation sites (N-methyl/N-ethyl adjacent to an activating group) is 1. The maximum atomic E-state index is 12.9. The van der Waals surface area contributed by atoms with Gasteiger partial charge in [-0.15, -0.1) is 0 Å². The fourth-order valence-corrected chi connectivity index (χ4v) is 5.18. The summed E-state index contributed by atoms with van der Waals surface area (Å²) in [5, 5.41) is 24.5. The normalized spacial score (nSPS) is 15.9. The molecule has 0 radical (unpaired) electrons. The van der Waals surface area contributed by atoms with Crippen LogP contribution < -0.4 is 10.1 Å². The third kappa shape index (κ3) is 6.64. The number of nitro benzene ring substituents is 1. The monoisotopic (exact) mass is 478 g/mol. The van der Waals surface area contributed by atoms with E-state index in [1.165, 1.54) is 16.4 Å². The maximum Gasteiger partial charge on any atom is 0.294 e. The van der Waals surface area contributed by atoms with E-state index in [0.717, 1.165) is 25.3 Å². The molecular formula is C22H30N4O6S. The van der Waals surface area contributed by atoms with Crippen molar-refractivity contribution in [3.8, 4) is 5.75 Å². The van der Waals surface area contributed by atoms with Crippen LogP contribution in [-0.4, -0.2) is 74.1 Å². The van der Waals surface area contributed by atoms with Gasteiger partial charge in [0.1, 0.15) is 24.1 Å². The van der Waals surface area contributed by atoms with Crippen molar-refractivity contribution in [2.45, 2.75) is 30.3 Å². The van der Waals surface area contributed by atoms with Gasteiger partial charge in [-0.1, -0.05) is 6.42 Å². The minimum Gasteiger partial charge on any atom is -0.491 e. The predicted octanol–water partition coefficient (Wildman–Crippen LogP) is 2.81. The summed E-state index contributed by atoms with van der Waals surface area (Å²) in [5.41, 5.74) is 0.443. The second kappa shape index (κ2) is 10.9. The molecule has 0 bridgehead atoms. The molecule has 2 aromatic carbocycles. The van der Waals surface area contributed by atoms with Gasteiger partial charge in [0.2, 0.25) is 10.0 Å². The third-order valence-corrected chi connectivity index (χ3v) is 7.16. The zero-order chi connectivity index (χ0) is 24.0. The van der Waals surface area contributed by atoms with Gasteiger partial charge in [0.15, 0.2) is 0 Å². The molecule has 0 unspecified atom stereocenters. The van der Waals surface area contributed by atoms with Gasteiger partial charge in [0.25, 0.3) is 5.69 Å². The lowest BCUT2D eigenvalue weighted by molar-refractivity contribution is -0.384. The van der Waals surface area contributed by atoms with Crippen molar-refractivity contribution < 1.29 is 23.2 Å². The minimum absolute atomic E-state index is 0.0818. The SMILES string of the molecule is CN(C)C[C@H](O)COc1ccc(Nc2ccc(S(=O)(=O)N3CCCCC3)cc2[N+](=O)[O-])cc1. The van der Waals surface area contributed by atoms with Gasteiger partial charge in [-0.25, -0.2) is 8.42 Å². The maximum absolute atomic E-state index is 12.9. The first kappa shape index (κ1) is 24.9. The highest BCUT2D eigenvalue weighted by Gasteiger charge is 2.28. The topological polar surface area (TPSA) is 125 Å². The van der Waals surface area contributed by atoms with Gasteiger partial charge in [0, 0.05) is 31.4 Å². The largest absolute Gasteiger partial charge is 0.491 e. The van der Waals surface area contributed by atoms with Crippen molar-refractivity contribution in [2.75, 3.05) is 45.7 Å². The molecule has 0 aromatic heterocycles. The Labute approximate surface area is 194 Å². The molecule has 0 amide bonds. The number of rotatable bonds is 10. The second-order valence-corrected chi connectivity index (χ2v) is 10.2. The molecule has 180 valence electrons. The number of aliphatic hydroxyl groups excluding tert-OH is 1. The summed E-state index contributed by atoms with van der Waals surface area (Å²) in [6.07, 6.45) is 1.93. The van der Waals surface area contributed by atoms with Crippen LogP contribution in [0.4, 0.5) is 17.1 Å². The smallest absolute Gasteiger partial charge is 0.294 e. The third-order valence-electron chi connectivity index (χ3n) is 5.27. The average molecular weight is 479 g/mol. The molecular weight excluding hydrogens is 448 g/mol. The number of sulfonamides is 1. The van der Waals surface area contributed by atoms with Gasteiger partial charge in [-0.2, -0.15) is 4.31 Å². The van der Waals surface area contributed by atoms with Crippen molar-refractivity contribution in [3.05, 3.63) is 52.6 Å². The van der Waals surface area contributed by atoms with Crippen LogP contribution in [0.1, 0.15) is 19.3 Å². The van der Waals surface area contributed by atoms with Gasteiger partial charge >= 0.3 is 0 Å². The molecule has 1 aliphatic rings. The molecule has 0 saturated carbocycles. The Morgan fingerprint density at radius 3 is 2.42 bits per heavy atom. The first-order valence-electron chi connectivity index (χ1n) is 10.8. The van der Waals surface area contributed by atoms with Crippen LogP contribution in [-0.2, 0) is 10.0 Å². The van der Waals surface area contributed by atoms with E-state index < -0.39 is 21.1 Å². The van der Waals surface area contributed by atoms with Crippen molar-refractivity contribution >= 4 is 27.1 Å². The van der Waals surface area contributed by atoms with E-state index in [0.29, 0.717) is 31.1 Å². The molecule has 1 aliphatic heterocycles. The molecule has 11 heteroatoms. The zero-order valence-electron chi connectivity index (χ0n) is 18.8. The standard InChI is InChI=1S/C22H30N4O6S/c1-24(2)15-18(27)16-32-19-8-6-17(7-9-19)23-21-11-10-20(14-22(21)26(28)29)33(30,31)25-12-4-3-5-13-25/h6-11,14,18,23,27H,3-5,12-13,15-16H2,1-2H3/t18-/m0/s1. The van der Waals surface area contributed by atoms with Gasteiger partial charge < -0.3 is 20.1 Å². The molecule has 0 spiro atoms. The summed E-state index contributed by atoms with van der Waals surface area (Å²) in [4.78, 5) is 12.8. The lowest BCUT2D eigenvalue weighted by Crippen LogP contribution is -2.35. The van der Waals surface area contributed by atoms with Crippen LogP contribution >= 0.6 is 0 Å². The Bertz CT molecular complexity index is 1050. The Kier molecular flexibility index (Phi) is 8.25. The Morgan fingerprint density at radius 1 is 1.15 bits per heavy atom. The Hall–Kier alpha value is -2.73. The Balaban J connectivity index is 1.72. The summed E-state index contributed by atoms with van der Waals surface area (Å²) >= 11 is 0. The molecule has 33 heavy (non-hydrogen) atoms.